The van der Waals surface area contributed by atoms with Crippen molar-refractivity contribution in [1.82, 2.24) is 10.6 Å². The molecule has 2 heterocycles. The first-order valence-corrected chi connectivity index (χ1v) is 5.37. The first-order valence-electron chi connectivity index (χ1n) is 5.37. The Morgan fingerprint density at radius 1 is 1.43 bits per heavy atom. The zero-order valence-electron chi connectivity index (χ0n) is 8.75. The molecule has 0 aromatic rings. The number of hydrogen-bond donors (Lipinski definition) is 2. The van der Waals surface area contributed by atoms with Gasteiger partial charge in [-0.15, -0.1) is 0 Å². The molecule has 0 spiro atoms. The standard InChI is InChI=1S/C10H18N2O2/c1-6(2)11-10(13)12-8-5-7-3-4-9(8)14-7/h6-9H,3-5H2,1-2H3,(H2,11,12,13). The van der Waals surface area contributed by atoms with Gasteiger partial charge in [-0.2, -0.15) is 0 Å². The number of hydrogen-bond acceptors (Lipinski definition) is 2. The molecule has 2 rings (SSSR count). The molecule has 2 bridgehead atoms. The molecule has 3 unspecified atom stereocenters. The highest BCUT2D eigenvalue weighted by atomic mass is 16.5. The smallest absolute Gasteiger partial charge is 0.315 e. The van der Waals surface area contributed by atoms with Gasteiger partial charge in [0.25, 0.3) is 0 Å². The van der Waals surface area contributed by atoms with Crippen molar-refractivity contribution in [3.05, 3.63) is 0 Å². The molecular weight excluding hydrogens is 180 g/mol. The predicted molar refractivity (Wildman–Crippen MR) is 53.1 cm³/mol. The summed E-state index contributed by atoms with van der Waals surface area (Å²) in [6, 6.07) is 0.350. The lowest BCUT2D eigenvalue weighted by Crippen LogP contribution is -2.48. The monoisotopic (exact) mass is 198 g/mol. The summed E-state index contributed by atoms with van der Waals surface area (Å²) in [4.78, 5) is 11.4. The third-order valence-electron chi connectivity index (χ3n) is 2.84. The lowest BCUT2D eigenvalue weighted by Gasteiger charge is -2.21. The zero-order valence-corrected chi connectivity index (χ0v) is 8.75. The van der Waals surface area contributed by atoms with Gasteiger partial charge in [0.2, 0.25) is 0 Å². The van der Waals surface area contributed by atoms with Crippen LogP contribution in [0.4, 0.5) is 4.79 Å². The molecule has 2 aliphatic heterocycles. The van der Waals surface area contributed by atoms with Gasteiger partial charge in [-0.25, -0.2) is 4.79 Å². The van der Waals surface area contributed by atoms with E-state index in [4.69, 9.17) is 4.74 Å². The zero-order chi connectivity index (χ0) is 10.1. The Morgan fingerprint density at radius 3 is 2.71 bits per heavy atom. The van der Waals surface area contributed by atoms with Crippen molar-refractivity contribution in [3.8, 4) is 0 Å². The summed E-state index contributed by atoms with van der Waals surface area (Å²) < 4.78 is 5.65. The summed E-state index contributed by atoms with van der Waals surface area (Å²) in [6.07, 6.45) is 3.89. The maximum Gasteiger partial charge on any atom is 0.315 e. The van der Waals surface area contributed by atoms with Gasteiger partial charge in [-0.05, 0) is 33.1 Å². The van der Waals surface area contributed by atoms with E-state index in [1.807, 2.05) is 13.8 Å². The van der Waals surface area contributed by atoms with E-state index >= 15 is 0 Å². The minimum Gasteiger partial charge on any atom is -0.373 e. The van der Waals surface area contributed by atoms with E-state index in [2.05, 4.69) is 10.6 Å². The van der Waals surface area contributed by atoms with Crippen LogP contribution in [-0.4, -0.2) is 30.3 Å². The molecule has 2 N–H and O–H groups in total. The number of rotatable bonds is 2. The van der Waals surface area contributed by atoms with Crippen molar-refractivity contribution < 1.29 is 9.53 Å². The van der Waals surface area contributed by atoms with E-state index in [1.165, 1.54) is 0 Å². The average Bonchev–Trinajstić information content (AvgIpc) is 2.62. The Labute approximate surface area is 84.4 Å². The van der Waals surface area contributed by atoms with Crippen molar-refractivity contribution >= 4 is 6.03 Å². The second-order valence-electron chi connectivity index (χ2n) is 4.49. The van der Waals surface area contributed by atoms with E-state index < -0.39 is 0 Å². The maximum atomic E-state index is 11.4. The van der Waals surface area contributed by atoms with Crippen LogP contribution in [0.1, 0.15) is 33.1 Å². The van der Waals surface area contributed by atoms with Crippen LogP contribution in [0.2, 0.25) is 0 Å². The molecule has 2 saturated heterocycles. The summed E-state index contributed by atoms with van der Waals surface area (Å²) in [5.74, 6) is 0. The van der Waals surface area contributed by atoms with E-state index in [9.17, 15) is 4.79 Å². The summed E-state index contributed by atoms with van der Waals surface area (Å²) in [5, 5.41) is 5.79. The molecule has 0 saturated carbocycles. The van der Waals surface area contributed by atoms with Crippen LogP contribution in [0.5, 0.6) is 0 Å². The van der Waals surface area contributed by atoms with Gasteiger partial charge in [0.15, 0.2) is 0 Å². The Bertz CT molecular complexity index is 230. The Morgan fingerprint density at radius 2 is 2.21 bits per heavy atom. The fourth-order valence-corrected chi connectivity index (χ4v) is 2.26. The van der Waals surface area contributed by atoms with Crippen molar-refractivity contribution in [2.45, 2.75) is 57.4 Å². The lowest BCUT2D eigenvalue weighted by molar-refractivity contribution is 0.0980. The molecule has 0 aliphatic carbocycles. The largest absolute Gasteiger partial charge is 0.373 e. The number of fused-ring (bicyclic) bond motifs is 2. The minimum absolute atomic E-state index is 0.0684. The van der Waals surface area contributed by atoms with E-state index in [0.29, 0.717) is 6.10 Å². The van der Waals surface area contributed by atoms with Gasteiger partial charge < -0.3 is 15.4 Å². The normalized spacial score (nSPS) is 34.9. The van der Waals surface area contributed by atoms with Crippen LogP contribution in [0, 0.1) is 0 Å². The van der Waals surface area contributed by atoms with Gasteiger partial charge in [0, 0.05) is 6.04 Å². The van der Waals surface area contributed by atoms with Crippen LogP contribution >= 0.6 is 0 Å². The predicted octanol–water partition coefficient (Wildman–Crippen LogP) is 1.01. The van der Waals surface area contributed by atoms with Crippen LogP contribution < -0.4 is 10.6 Å². The van der Waals surface area contributed by atoms with Crippen molar-refractivity contribution in [3.63, 3.8) is 0 Å². The Kier molecular flexibility index (Phi) is 2.63. The number of ether oxygens (including phenoxy) is 1. The molecule has 3 atom stereocenters. The second-order valence-corrected chi connectivity index (χ2v) is 4.49. The first kappa shape index (κ1) is 9.77. The van der Waals surface area contributed by atoms with Crippen LogP contribution in [-0.2, 0) is 4.74 Å². The van der Waals surface area contributed by atoms with Gasteiger partial charge in [-0.1, -0.05) is 0 Å². The lowest BCUT2D eigenvalue weighted by atomic mass is 9.96. The molecule has 2 amide bonds. The Hall–Kier alpha value is -0.770. The Balaban J connectivity index is 1.78. The van der Waals surface area contributed by atoms with Crippen LogP contribution in [0.25, 0.3) is 0 Å². The number of carbonyl (C=O) groups is 1. The highest BCUT2D eigenvalue weighted by Crippen LogP contribution is 2.34. The van der Waals surface area contributed by atoms with Gasteiger partial charge in [0.1, 0.15) is 0 Å². The van der Waals surface area contributed by atoms with Crippen molar-refractivity contribution in [1.29, 1.82) is 0 Å². The number of nitrogens with one attached hydrogen (secondary N) is 2. The number of urea groups is 1. The van der Waals surface area contributed by atoms with E-state index in [0.717, 1.165) is 19.3 Å². The van der Waals surface area contributed by atoms with Crippen LogP contribution in [0.3, 0.4) is 0 Å². The van der Waals surface area contributed by atoms with E-state index in [-0.39, 0.29) is 24.2 Å². The number of amides is 2. The highest BCUT2D eigenvalue weighted by Gasteiger charge is 2.41. The molecule has 80 valence electrons. The molecule has 4 heteroatoms. The molecule has 2 fully saturated rings. The van der Waals surface area contributed by atoms with Gasteiger partial charge in [0.05, 0.1) is 18.2 Å². The van der Waals surface area contributed by atoms with Crippen molar-refractivity contribution in [2.24, 2.45) is 0 Å². The fourth-order valence-electron chi connectivity index (χ4n) is 2.26. The molecular formula is C10H18N2O2. The van der Waals surface area contributed by atoms with Crippen molar-refractivity contribution in [2.75, 3.05) is 0 Å². The summed E-state index contributed by atoms with van der Waals surface area (Å²) in [7, 11) is 0. The second kappa shape index (κ2) is 3.77. The third kappa shape index (κ3) is 2.00. The molecule has 0 aromatic carbocycles. The van der Waals surface area contributed by atoms with E-state index in [1.54, 1.807) is 0 Å². The minimum atomic E-state index is -0.0684. The first-order chi connectivity index (χ1) is 6.65. The molecule has 0 radical (unpaired) electrons. The number of carbonyl (C=O) groups excluding carboxylic acids is 1. The summed E-state index contributed by atoms with van der Waals surface area (Å²) >= 11 is 0. The molecule has 2 aliphatic rings. The molecule has 4 nitrogen and oxygen atoms in total. The van der Waals surface area contributed by atoms with Gasteiger partial charge in [-0.3, -0.25) is 0 Å². The maximum absolute atomic E-state index is 11.4. The summed E-state index contributed by atoms with van der Waals surface area (Å²) in [6.45, 7) is 3.91. The van der Waals surface area contributed by atoms with Gasteiger partial charge >= 0.3 is 6.03 Å². The quantitative estimate of drug-likeness (QED) is 0.696. The SMILES string of the molecule is CC(C)NC(=O)NC1CC2CCC1O2. The molecule has 0 aromatic heterocycles. The highest BCUT2D eigenvalue weighted by molar-refractivity contribution is 5.74. The fraction of sp³-hybridized carbons (Fsp3) is 0.900. The van der Waals surface area contributed by atoms with Crippen LogP contribution in [0.15, 0.2) is 0 Å². The summed E-state index contributed by atoms with van der Waals surface area (Å²) in [5.41, 5.74) is 0. The average molecular weight is 198 g/mol. The third-order valence-corrected chi connectivity index (χ3v) is 2.84. The molecule has 14 heavy (non-hydrogen) atoms. The topological polar surface area (TPSA) is 50.4 Å².